The number of hydrogen-bond donors (Lipinski definition) is 1. The van der Waals surface area contributed by atoms with Crippen LogP contribution in [-0.2, 0) is 9.59 Å². The van der Waals surface area contributed by atoms with E-state index in [1.807, 2.05) is 61.7 Å². The molecule has 0 fully saturated rings. The van der Waals surface area contributed by atoms with Gasteiger partial charge < -0.3 is 10.2 Å². The Labute approximate surface area is 178 Å². The van der Waals surface area contributed by atoms with Gasteiger partial charge in [-0.2, -0.15) is 5.10 Å². The Kier molecular flexibility index (Phi) is 6.61. The predicted octanol–water partition coefficient (Wildman–Crippen LogP) is 4.05. The third-order valence-corrected chi connectivity index (χ3v) is 4.75. The van der Waals surface area contributed by atoms with Crippen molar-refractivity contribution in [2.45, 2.75) is 6.92 Å². The van der Waals surface area contributed by atoms with Crippen molar-refractivity contribution in [3.05, 3.63) is 82.6 Å². The van der Waals surface area contributed by atoms with E-state index in [1.54, 1.807) is 24.0 Å². The summed E-state index contributed by atoms with van der Waals surface area (Å²) in [5.74, 6) is -0.517. The molecule has 0 spiro atoms. The number of benzene rings is 2. The van der Waals surface area contributed by atoms with Gasteiger partial charge in [-0.1, -0.05) is 34.1 Å². The Bertz CT molecular complexity index is 1040. The van der Waals surface area contributed by atoms with Gasteiger partial charge in [0.2, 0.25) is 11.8 Å². The number of likely N-dealkylation sites (N-methyl/N-ethyl adjacent to an activating group) is 1. The van der Waals surface area contributed by atoms with Crippen LogP contribution in [0.25, 0.3) is 11.8 Å². The minimum atomic E-state index is -0.264. The molecule has 0 atom stereocenters. The molecule has 1 N–H and O–H groups in total. The van der Waals surface area contributed by atoms with Crippen LogP contribution in [0.5, 0.6) is 0 Å². The monoisotopic (exact) mass is 452 g/mol. The molecular formula is C22H21BrN4O2. The van der Waals surface area contributed by atoms with Crippen molar-refractivity contribution in [3.8, 4) is 5.69 Å². The van der Waals surface area contributed by atoms with Crippen molar-refractivity contribution >= 4 is 39.5 Å². The minimum absolute atomic E-state index is 0.0397. The fraction of sp³-hybridized carbons (Fsp3) is 0.136. The molecule has 2 aromatic carbocycles. The fourth-order valence-corrected chi connectivity index (χ4v) is 3.17. The molecular weight excluding hydrogens is 432 g/mol. The first-order valence-corrected chi connectivity index (χ1v) is 9.81. The molecule has 29 heavy (non-hydrogen) atoms. The summed E-state index contributed by atoms with van der Waals surface area (Å²) in [5, 5.41) is 7.12. The number of halogens is 1. The Hall–Kier alpha value is -3.19. The summed E-state index contributed by atoms with van der Waals surface area (Å²) in [4.78, 5) is 25.9. The van der Waals surface area contributed by atoms with E-state index in [1.165, 1.54) is 11.0 Å². The zero-order chi connectivity index (χ0) is 20.8. The third kappa shape index (κ3) is 5.65. The van der Waals surface area contributed by atoms with Gasteiger partial charge in [0, 0.05) is 35.0 Å². The molecule has 0 saturated carbocycles. The second kappa shape index (κ2) is 9.34. The standard InChI is InChI=1S/C22H21BrN4O2/c1-16-12-18(23)9-10-20(16)25-21(28)15-26(2)22(29)11-8-17-13-24-27(14-17)19-6-4-3-5-7-19/h3-14H,15H2,1-2H3,(H,25,28)/b11-8+. The summed E-state index contributed by atoms with van der Waals surface area (Å²) in [5.41, 5.74) is 3.40. The van der Waals surface area contributed by atoms with E-state index in [4.69, 9.17) is 0 Å². The zero-order valence-corrected chi connectivity index (χ0v) is 17.8. The molecule has 148 valence electrons. The number of hydrogen-bond acceptors (Lipinski definition) is 3. The molecule has 0 unspecified atom stereocenters. The van der Waals surface area contributed by atoms with Gasteiger partial charge in [-0.05, 0) is 48.9 Å². The molecule has 7 heteroatoms. The van der Waals surface area contributed by atoms with Crippen molar-refractivity contribution in [1.29, 1.82) is 0 Å². The topological polar surface area (TPSA) is 67.2 Å². The number of carbonyl (C=O) groups excluding carboxylic acids is 2. The van der Waals surface area contributed by atoms with Gasteiger partial charge >= 0.3 is 0 Å². The zero-order valence-electron chi connectivity index (χ0n) is 16.2. The lowest BCUT2D eigenvalue weighted by atomic mass is 10.2. The molecule has 0 aliphatic heterocycles. The molecule has 0 aliphatic carbocycles. The maximum absolute atomic E-state index is 12.3. The predicted molar refractivity (Wildman–Crippen MR) is 118 cm³/mol. The van der Waals surface area contributed by atoms with Crippen LogP contribution in [-0.4, -0.2) is 40.1 Å². The Morgan fingerprint density at radius 1 is 1.21 bits per heavy atom. The first-order chi connectivity index (χ1) is 13.9. The van der Waals surface area contributed by atoms with E-state index in [9.17, 15) is 9.59 Å². The molecule has 2 amide bonds. The van der Waals surface area contributed by atoms with Crippen LogP contribution < -0.4 is 5.32 Å². The van der Waals surface area contributed by atoms with Crippen molar-refractivity contribution in [1.82, 2.24) is 14.7 Å². The van der Waals surface area contributed by atoms with Crippen LogP contribution >= 0.6 is 15.9 Å². The highest BCUT2D eigenvalue weighted by Gasteiger charge is 2.12. The van der Waals surface area contributed by atoms with Crippen LogP contribution in [0.3, 0.4) is 0 Å². The number of nitrogens with one attached hydrogen (secondary N) is 1. The second-order valence-corrected chi connectivity index (χ2v) is 7.50. The van der Waals surface area contributed by atoms with Crippen LogP contribution in [0, 0.1) is 6.92 Å². The third-order valence-electron chi connectivity index (χ3n) is 4.26. The highest BCUT2D eigenvalue weighted by atomic mass is 79.9. The van der Waals surface area contributed by atoms with E-state index >= 15 is 0 Å². The molecule has 3 aromatic rings. The Morgan fingerprint density at radius 3 is 2.69 bits per heavy atom. The van der Waals surface area contributed by atoms with Gasteiger partial charge in [-0.25, -0.2) is 4.68 Å². The lowest BCUT2D eigenvalue weighted by Crippen LogP contribution is -2.34. The number of anilines is 1. The van der Waals surface area contributed by atoms with Gasteiger partial charge in [0.25, 0.3) is 0 Å². The summed E-state index contributed by atoms with van der Waals surface area (Å²) in [6.07, 6.45) is 6.63. The van der Waals surface area contributed by atoms with E-state index in [-0.39, 0.29) is 18.4 Å². The number of nitrogens with zero attached hydrogens (tertiary/aromatic N) is 3. The summed E-state index contributed by atoms with van der Waals surface area (Å²) < 4.78 is 2.68. The number of aromatic nitrogens is 2. The van der Waals surface area contributed by atoms with Gasteiger partial charge in [-0.15, -0.1) is 0 Å². The maximum atomic E-state index is 12.3. The van der Waals surface area contributed by atoms with Crippen LogP contribution in [0.2, 0.25) is 0 Å². The number of carbonyl (C=O) groups is 2. The average molecular weight is 453 g/mol. The SMILES string of the molecule is Cc1cc(Br)ccc1NC(=O)CN(C)C(=O)/C=C/c1cnn(-c2ccccc2)c1. The molecule has 1 heterocycles. The molecule has 0 saturated heterocycles. The first kappa shape index (κ1) is 20.5. The van der Waals surface area contributed by atoms with E-state index in [0.717, 1.165) is 27.0 Å². The number of para-hydroxylation sites is 1. The molecule has 0 bridgehead atoms. The first-order valence-electron chi connectivity index (χ1n) is 9.01. The molecule has 0 radical (unpaired) electrons. The number of aryl methyl sites for hydroxylation is 1. The smallest absolute Gasteiger partial charge is 0.246 e. The number of amides is 2. The Morgan fingerprint density at radius 2 is 1.97 bits per heavy atom. The van der Waals surface area contributed by atoms with Gasteiger partial charge in [0.05, 0.1) is 18.4 Å². The second-order valence-electron chi connectivity index (χ2n) is 6.59. The average Bonchev–Trinajstić information content (AvgIpc) is 3.18. The quantitative estimate of drug-likeness (QED) is 0.573. The van der Waals surface area contributed by atoms with Gasteiger partial charge in [0.1, 0.15) is 0 Å². The van der Waals surface area contributed by atoms with Crippen LogP contribution in [0.15, 0.2) is 71.5 Å². The highest BCUT2D eigenvalue weighted by Crippen LogP contribution is 2.20. The lowest BCUT2D eigenvalue weighted by Gasteiger charge is -2.15. The van der Waals surface area contributed by atoms with Gasteiger partial charge in [0.15, 0.2) is 0 Å². The van der Waals surface area contributed by atoms with Crippen LogP contribution in [0.1, 0.15) is 11.1 Å². The largest absolute Gasteiger partial charge is 0.333 e. The number of rotatable bonds is 6. The minimum Gasteiger partial charge on any atom is -0.333 e. The Balaban J connectivity index is 1.56. The maximum Gasteiger partial charge on any atom is 0.246 e. The van der Waals surface area contributed by atoms with Gasteiger partial charge in [-0.3, -0.25) is 9.59 Å². The van der Waals surface area contributed by atoms with Crippen molar-refractivity contribution in [3.63, 3.8) is 0 Å². The summed E-state index contributed by atoms with van der Waals surface area (Å²) in [6.45, 7) is 1.87. The summed E-state index contributed by atoms with van der Waals surface area (Å²) >= 11 is 3.39. The highest BCUT2D eigenvalue weighted by molar-refractivity contribution is 9.10. The van der Waals surface area contributed by atoms with E-state index in [2.05, 4.69) is 26.3 Å². The molecule has 3 rings (SSSR count). The molecule has 6 nitrogen and oxygen atoms in total. The lowest BCUT2D eigenvalue weighted by molar-refractivity contribution is -0.129. The van der Waals surface area contributed by atoms with E-state index in [0.29, 0.717) is 0 Å². The van der Waals surface area contributed by atoms with Crippen molar-refractivity contribution < 1.29 is 9.59 Å². The van der Waals surface area contributed by atoms with Crippen molar-refractivity contribution in [2.75, 3.05) is 18.9 Å². The normalized spacial score (nSPS) is 10.9. The fourth-order valence-electron chi connectivity index (χ4n) is 2.69. The van der Waals surface area contributed by atoms with E-state index < -0.39 is 0 Å². The summed E-state index contributed by atoms with van der Waals surface area (Å²) in [7, 11) is 1.59. The molecule has 1 aromatic heterocycles. The molecule has 0 aliphatic rings. The van der Waals surface area contributed by atoms with Crippen molar-refractivity contribution in [2.24, 2.45) is 0 Å². The summed E-state index contributed by atoms with van der Waals surface area (Å²) in [6, 6.07) is 15.3. The van der Waals surface area contributed by atoms with Crippen LogP contribution in [0.4, 0.5) is 5.69 Å².